The first kappa shape index (κ1) is 11.5. The van der Waals surface area contributed by atoms with E-state index in [1.54, 1.807) is 24.4 Å². The Morgan fingerprint density at radius 3 is 2.82 bits per heavy atom. The van der Waals surface area contributed by atoms with Gasteiger partial charge in [0.1, 0.15) is 16.4 Å². The SMILES string of the molecule is Cc1ccc(C(=O)O)c(Sc2ccncn2)n1. The van der Waals surface area contributed by atoms with Gasteiger partial charge < -0.3 is 5.11 Å². The van der Waals surface area contributed by atoms with Crippen LogP contribution < -0.4 is 0 Å². The molecule has 6 heteroatoms. The molecule has 0 amide bonds. The van der Waals surface area contributed by atoms with E-state index in [0.717, 1.165) is 5.69 Å². The number of carbonyl (C=O) groups is 1. The molecule has 0 saturated heterocycles. The summed E-state index contributed by atoms with van der Waals surface area (Å²) in [6.45, 7) is 1.82. The number of hydrogen-bond donors (Lipinski definition) is 1. The van der Waals surface area contributed by atoms with Gasteiger partial charge in [0.05, 0.1) is 5.56 Å². The lowest BCUT2D eigenvalue weighted by molar-refractivity contribution is 0.0692. The molecule has 0 aliphatic rings. The second-order valence-corrected chi connectivity index (χ2v) is 4.27. The molecule has 0 spiro atoms. The van der Waals surface area contributed by atoms with Gasteiger partial charge in [-0.2, -0.15) is 0 Å². The highest BCUT2D eigenvalue weighted by Gasteiger charge is 2.13. The number of carboxylic acid groups (broad SMARTS) is 1. The maximum atomic E-state index is 11.0. The van der Waals surface area contributed by atoms with Crippen molar-refractivity contribution in [3.8, 4) is 0 Å². The minimum Gasteiger partial charge on any atom is -0.478 e. The molecule has 1 N–H and O–H groups in total. The molecule has 0 bridgehead atoms. The maximum Gasteiger partial charge on any atom is 0.338 e. The molecule has 0 aliphatic carbocycles. The average molecular weight is 247 g/mol. The van der Waals surface area contributed by atoms with Crippen LogP contribution in [0, 0.1) is 6.92 Å². The van der Waals surface area contributed by atoms with Crippen LogP contribution in [-0.2, 0) is 0 Å². The Hall–Kier alpha value is -1.95. The van der Waals surface area contributed by atoms with Crippen LogP contribution in [0.25, 0.3) is 0 Å². The molecule has 0 atom stereocenters. The molecule has 86 valence electrons. The van der Waals surface area contributed by atoms with E-state index in [4.69, 9.17) is 5.11 Å². The summed E-state index contributed by atoms with van der Waals surface area (Å²) in [6, 6.07) is 4.93. The number of aromatic carboxylic acids is 1. The van der Waals surface area contributed by atoms with E-state index in [1.165, 1.54) is 18.1 Å². The zero-order valence-corrected chi connectivity index (χ0v) is 9.81. The number of hydrogen-bond acceptors (Lipinski definition) is 5. The Morgan fingerprint density at radius 2 is 2.18 bits per heavy atom. The molecule has 0 unspecified atom stereocenters. The maximum absolute atomic E-state index is 11.0. The summed E-state index contributed by atoms with van der Waals surface area (Å²) in [6.07, 6.45) is 3.02. The van der Waals surface area contributed by atoms with Crippen LogP contribution >= 0.6 is 11.8 Å². The monoisotopic (exact) mass is 247 g/mol. The topological polar surface area (TPSA) is 76.0 Å². The fraction of sp³-hybridized carbons (Fsp3) is 0.0909. The van der Waals surface area contributed by atoms with E-state index >= 15 is 0 Å². The normalized spacial score (nSPS) is 10.2. The van der Waals surface area contributed by atoms with Crippen LogP contribution in [0.1, 0.15) is 16.1 Å². The van der Waals surface area contributed by atoms with E-state index < -0.39 is 5.97 Å². The lowest BCUT2D eigenvalue weighted by Crippen LogP contribution is -2.01. The lowest BCUT2D eigenvalue weighted by atomic mass is 10.2. The molecule has 0 aliphatic heterocycles. The highest BCUT2D eigenvalue weighted by molar-refractivity contribution is 7.99. The molecular formula is C11H9N3O2S. The molecule has 5 nitrogen and oxygen atoms in total. The van der Waals surface area contributed by atoms with Gasteiger partial charge in [-0.15, -0.1) is 0 Å². The first-order valence-corrected chi connectivity index (χ1v) is 5.63. The third-order valence-corrected chi connectivity index (χ3v) is 2.94. The average Bonchev–Trinajstić information content (AvgIpc) is 2.30. The molecule has 2 heterocycles. The fourth-order valence-corrected chi connectivity index (χ4v) is 2.09. The van der Waals surface area contributed by atoms with Gasteiger partial charge in [0.25, 0.3) is 0 Å². The number of aryl methyl sites for hydroxylation is 1. The van der Waals surface area contributed by atoms with Gasteiger partial charge in [0, 0.05) is 11.9 Å². The van der Waals surface area contributed by atoms with E-state index in [2.05, 4.69) is 15.0 Å². The number of carboxylic acids is 1. The number of pyridine rings is 1. The van der Waals surface area contributed by atoms with Gasteiger partial charge in [-0.05, 0) is 36.9 Å². The molecule has 17 heavy (non-hydrogen) atoms. The Labute approximate surface area is 102 Å². The first-order chi connectivity index (χ1) is 8.16. The van der Waals surface area contributed by atoms with Crippen molar-refractivity contribution in [1.82, 2.24) is 15.0 Å². The van der Waals surface area contributed by atoms with Crippen LogP contribution in [0.5, 0.6) is 0 Å². The molecule has 0 fully saturated rings. The summed E-state index contributed by atoms with van der Waals surface area (Å²) in [5, 5.41) is 10.2. The summed E-state index contributed by atoms with van der Waals surface area (Å²) >= 11 is 1.21. The number of aromatic nitrogens is 3. The van der Waals surface area contributed by atoms with Crippen molar-refractivity contribution < 1.29 is 9.90 Å². The van der Waals surface area contributed by atoms with Gasteiger partial charge in [-0.1, -0.05) is 0 Å². The Kier molecular flexibility index (Phi) is 3.34. The minimum absolute atomic E-state index is 0.180. The Morgan fingerprint density at radius 1 is 1.35 bits per heavy atom. The van der Waals surface area contributed by atoms with E-state index in [1.807, 2.05) is 6.92 Å². The standard InChI is InChI=1S/C11H9N3O2S/c1-7-2-3-8(11(15)16)10(14-7)17-9-4-5-12-6-13-9/h2-6H,1H3,(H,15,16). The third kappa shape index (κ3) is 2.79. The molecule has 2 aromatic rings. The highest BCUT2D eigenvalue weighted by Crippen LogP contribution is 2.27. The van der Waals surface area contributed by atoms with E-state index in [0.29, 0.717) is 10.1 Å². The van der Waals surface area contributed by atoms with Crippen LogP contribution in [0.3, 0.4) is 0 Å². The summed E-state index contributed by atoms with van der Waals surface area (Å²) in [7, 11) is 0. The molecule has 0 radical (unpaired) electrons. The summed E-state index contributed by atoms with van der Waals surface area (Å²) in [5.41, 5.74) is 0.950. The Bertz CT molecular complexity index is 546. The second kappa shape index (κ2) is 4.92. The van der Waals surface area contributed by atoms with Crippen molar-refractivity contribution in [1.29, 1.82) is 0 Å². The van der Waals surface area contributed by atoms with E-state index in [-0.39, 0.29) is 5.56 Å². The molecular weight excluding hydrogens is 238 g/mol. The van der Waals surface area contributed by atoms with Gasteiger partial charge in [0.2, 0.25) is 0 Å². The van der Waals surface area contributed by atoms with Crippen molar-refractivity contribution in [3.05, 3.63) is 42.0 Å². The predicted octanol–water partition coefficient (Wildman–Crippen LogP) is 2.03. The van der Waals surface area contributed by atoms with Crippen molar-refractivity contribution >= 4 is 17.7 Å². The lowest BCUT2D eigenvalue weighted by Gasteiger charge is -2.04. The van der Waals surface area contributed by atoms with Crippen LogP contribution in [0.15, 0.2) is 40.8 Å². The second-order valence-electron chi connectivity index (χ2n) is 3.26. The van der Waals surface area contributed by atoms with Crippen molar-refractivity contribution in [2.45, 2.75) is 17.0 Å². The zero-order chi connectivity index (χ0) is 12.3. The predicted molar refractivity (Wildman–Crippen MR) is 62.1 cm³/mol. The number of nitrogens with zero attached hydrogens (tertiary/aromatic N) is 3. The van der Waals surface area contributed by atoms with Crippen molar-refractivity contribution in [2.75, 3.05) is 0 Å². The quantitative estimate of drug-likeness (QED) is 0.836. The summed E-state index contributed by atoms with van der Waals surface area (Å²) < 4.78 is 0. The summed E-state index contributed by atoms with van der Waals surface area (Å²) in [5.74, 6) is -0.992. The highest BCUT2D eigenvalue weighted by atomic mass is 32.2. The van der Waals surface area contributed by atoms with Crippen LogP contribution in [-0.4, -0.2) is 26.0 Å². The third-order valence-electron chi connectivity index (χ3n) is 1.99. The van der Waals surface area contributed by atoms with Gasteiger partial charge >= 0.3 is 5.97 Å². The van der Waals surface area contributed by atoms with Crippen LogP contribution in [0.2, 0.25) is 0 Å². The molecule has 0 aromatic carbocycles. The molecule has 0 saturated carbocycles. The largest absolute Gasteiger partial charge is 0.478 e. The van der Waals surface area contributed by atoms with Gasteiger partial charge in [-0.25, -0.2) is 19.7 Å². The molecule has 2 aromatic heterocycles. The van der Waals surface area contributed by atoms with Crippen molar-refractivity contribution in [3.63, 3.8) is 0 Å². The molecule has 2 rings (SSSR count). The van der Waals surface area contributed by atoms with E-state index in [9.17, 15) is 4.79 Å². The van der Waals surface area contributed by atoms with Gasteiger partial charge in [0.15, 0.2) is 0 Å². The minimum atomic E-state index is -0.992. The smallest absolute Gasteiger partial charge is 0.338 e. The number of rotatable bonds is 3. The Balaban J connectivity index is 2.37. The summed E-state index contributed by atoms with van der Waals surface area (Å²) in [4.78, 5) is 23.1. The zero-order valence-electron chi connectivity index (χ0n) is 8.99. The van der Waals surface area contributed by atoms with Crippen LogP contribution in [0.4, 0.5) is 0 Å². The fourth-order valence-electron chi connectivity index (χ4n) is 1.21. The van der Waals surface area contributed by atoms with Gasteiger partial charge in [-0.3, -0.25) is 0 Å². The van der Waals surface area contributed by atoms with Crippen molar-refractivity contribution in [2.24, 2.45) is 0 Å². The first-order valence-electron chi connectivity index (χ1n) is 4.81.